The number of aliphatic imine (C=N–C) groups is 1. The van der Waals surface area contributed by atoms with Crippen LogP contribution in [0.25, 0.3) is 0 Å². The number of carbonyl (C=O) groups is 1. The molecule has 5 nitrogen and oxygen atoms in total. The Morgan fingerprint density at radius 2 is 1.84 bits per heavy atom. The number of benzene rings is 1. The third-order valence-electron chi connectivity index (χ3n) is 4.34. The molecular formula is C20H30N4O. The van der Waals surface area contributed by atoms with Gasteiger partial charge in [-0.25, -0.2) is 0 Å². The lowest BCUT2D eigenvalue weighted by molar-refractivity contribution is -0.119. The van der Waals surface area contributed by atoms with Crippen LogP contribution < -0.4 is 16.0 Å². The fourth-order valence-corrected chi connectivity index (χ4v) is 2.91. The molecule has 0 spiro atoms. The quantitative estimate of drug-likeness (QED) is 0.386. The van der Waals surface area contributed by atoms with Crippen LogP contribution >= 0.6 is 0 Å². The summed E-state index contributed by atoms with van der Waals surface area (Å²) in [6.07, 6.45) is 9.31. The lowest BCUT2D eigenvalue weighted by Gasteiger charge is -2.15. The van der Waals surface area contributed by atoms with Crippen LogP contribution in [0.2, 0.25) is 0 Å². The first kappa shape index (κ1) is 19.0. The van der Waals surface area contributed by atoms with Gasteiger partial charge in [0, 0.05) is 20.1 Å². The van der Waals surface area contributed by atoms with Crippen LogP contribution in [0.3, 0.4) is 0 Å². The van der Waals surface area contributed by atoms with Gasteiger partial charge in [0.15, 0.2) is 5.96 Å². The molecule has 5 heteroatoms. The van der Waals surface area contributed by atoms with Crippen molar-refractivity contribution in [3.05, 3.63) is 47.5 Å². The highest BCUT2D eigenvalue weighted by Gasteiger charge is 2.05. The van der Waals surface area contributed by atoms with Gasteiger partial charge in [-0.1, -0.05) is 42.0 Å². The molecule has 3 N–H and O–H groups in total. The van der Waals surface area contributed by atoms with Crippen LogP contribution in [-0.2, 0) is 11.2 Å². The third kappa shape index (κ3) is 7.88. The van der Waals surface area contributed by atoms with Gasteiger partial charge in [0.2, 0.25) is 5.91 Å². The number of rotatable bonds is 8. The molecule has 1 aromatic carbocycles. The van der Waals surface area contributed by atoms with Gasteiger partial charge in [-0.3, -0.25) is 9.79 Å². The molecule has 0 bridgehead atoms. The van der Waals surface area contributed by atoms with E-state index in [-0.39, 0.29) is 12.5 Å². The van der Waals surface area contributed by atoms with Gasteiger partial charge >= 0.3 is 0 Å². The molecule has 1 aromatic rings. The third-order valence-corrected chi connectivity index (χ3v) is 4.34. The fourth-order valence-electron chi connectivity index (χ4n) is 2.91. The van der Waals surface area contributed by atoms with E-state index in [0.29, 0.717) is 12.5 Å². The number of guanidine groups is 1. The standard InChI is InChI=1S/C20H30N4O/c1-21-20(23-15-13-18-10-6-3-7-11-18)24-16-19(25)22-14-12-17-8-4-2-5-9-17/h2,4-5,8-10H,3,6-7,11-16H2,1H3,(H,22,25)(H2,21,23,24). The lowest BCUT2D eigenvalue weighted by Crippen LogP contribution is -2.43. The summed E-state index contributed by atoms with van der Waals surface area (Å²) in [6.45, 7) is 1.73. The van der Waals surface area contributed by atoms with Crippen molar-refractivity contribution in [3.63, 3.8) is 0 Å². The van der Waals surface area contributed by atoms with Crippen LogP contribution in [0, 0.1) is 0 Å². The minimum absolute atomic E-state index is 0.0196. The summed E-state index contributed by atoms with van der Waals surface area (Å²) in [5.74, 6) is 0.656. The minimum atomic E-state index is -0.0196. The highest BCUT2D eigenvalue weighted by Crippen LogP contribution is 2.19. The van der Waals surface area contributed by atoms with Gasteiger partial charge in [-0.2, -0.15) is 0 Å². The van der Waals surface area contributed by atoms with E-state index >= 15 is 0 Å². The van der Waals surface area contributed by atoms with E-state index in [4.69, 9.17) is 0 Å². The Balaban J connectivity index is 1.57. The van der Waals surface area contributed by atoms with E-state index in [0.717, 1.165) is 19.4 Å². The number of hydrogen-bond acceptors (Lipinski definition) is 2. The van der Waals surface area contributed by atoms with Crippen LogP contribution in [0.15, 0.2) is 47.0 Å². The van der Waals surface area contributed by atoms with Crippen molar-refractivity contribution in [1.82, 2.24) is 16.0 Å². The van der Waals surface area contributed by atoms with E-state index in [9.17, 15) is 4.79 Å². The van der Waals surface area contributed by atoms with Crippen molar-refractivity contribution < 1.29 is 4.79 Å². The molecule has 25 heavy (non-hydrogen) atoms. The molecule has 136 valence electrons. The molecule has 0 radical (unpaired) electrons. The van der Waals surface area contributed by atoms with E-state index < -0.39 is 0 Å². The number of allylic oxidation sites excluding steroid dienone is 1. The predicted molar refractivity (Wildman–Crippen MR) is 104 cm³/mol. The smallest absolute Gasteiger partial charge is 0.239 e. The average Bonchev–Trinajstić information content (AvgIpc) is 2.66. The second kappa shape index (κ2) is 11.3. The highest BCUT2D eigenvalue weighted by molar-refractivity contribution is 5.86. The number of hydrogen-bond donors (Lipinski definition) is 3. The molecule has 0 unspecified atom stereocenters. The molecular weight excluding hydrogens is 312 g/mol. The average molecular weight is 342 g/mol. The first-order valence-corrected chi connectivity index (χ1v) is 9.21. The Kier molecular flexibility index (Phi) is 8.59. The zero-order valence-electron chi connectivity index (χ0n) is 15.2. The Morgan fingerprint density at radius 1 is 1.04 bits per heavy atom. The highest BCUT2D eigenvalue weighted by atomic mass is 16.1. The van der Waals surface area contributed by atoms with Crippen LogP contribution in [-0.4, -0.2) is 38.5 Å². The lowest BCUT2D eigenvalue weighted by atomic mass is 9.97. The van der Waals surface area contributed by atoms with Crippen molar-refractivity contribution in [2.24, 2.45) is 4.99 Å². The van der Waals surface area contributed by atoms with Crippen molar-refractivity contribution in [2.45, 2.75) is 38.5 Å². The zero-order valence-corrected chi connectivity index (χ0v) is 15.2. The van der Waals surface area contributed by atoms with Gasteiger partial charge in [0.1, 0.15) is 0 Å². The van der Waals surface area contributed by atoms with Crippen molar-refractivity contribution in [2.75, 3.05) is 26.7 Å². The zero-order chi connectivity index (χ0) is 17.7. The maximum absolute atomic E-state index is 11.9. The first-order valence-electron chi connectivity index (χ1n) is 9.21. The monoisotopic (exact) mass is 342 g/mol. The Morgan fingerprint density at radius 3 is 2.56 bits per heavy atom. The summed E-state index contributed by atoms with van der Waals surface area (Å²) in [4.78, 5) is 16.1. The SMILES string of the molecule is CN=C(NCCC1=CCCCC1)NCC(=O)NCCc1ccccc1. The number of nitrogens with zero attached hydrogens (tertiary/aromatic N) is 1. The summed E-state index contributed by atoms with van der Waals surface area (Å²) in [7, 11) is 1.72. The van der Waals surface area contributed by atoms with E-state index in [1.807, 2.05) is 18.2 Å². The maximum atomic E-state index is 11.9. The summed E-state index contributed by atoms with van der Waals surface area (Å²) in [6, 6.07) is 10.2. The molecule has 1 aliphatic carbocycles. The van der Waals surface area contributed by atoms with E-state index in [1.165, 1.54) is 36.8 Å². The summed E-state index contributed by atoms with van der Waals surface area (Å²) in [5, 5.41) is 9.26. The number of nitrogens with one attached hydrogen (secondary N) is 3. The molecule has 0 aliphatic heterocycles. The molecule has 1 amide bonds. The second-order valence-corrected chi connectivity index (χ2v) is 6.30. The predicted octanol–water partition coefficient (Wildman–Crippen LogP) is 2.40. The van der Waals surface area contributed by atoms with Gasteiger partial charge in [0.25, 0.3) is 0 Å². The summed E-state index contributed by atoms with van der Waals surface area (Å²) in [5.41, 5.74) is 2.76. The normalized spacial score (nSPS) is 14.6. The van der Waals surface area contributed by atoms with E-state index in [2.05, 4.69) is 39.2 Å². The van der Waals surface area contributed by atoms with Crippen LogP contribution in [0.4, 0.5) is 0 Å². The molecule has 0 saturated heterocycles. The Labute approximate surface area is 151 Å². The molecule has 0 aromatic heterocycles. The largest absolute Gasteiger partial charge is 0.356 e. The Hall–Kier alpha value is -2.30. The molecule has 0 atom stereocenters. The van der Waals surface area contributed by atoms with Gasteiger partial charge in [0.05, 0.1) is 6.54 Å². The van der Waals surface area contributed by atoms with Crippen molar-refractivity contribution in [1.29, 1.82) is 0 Å². The molecule has 1 aliphatic rings. The van der Waals surface area contributed by atoms with Crippen LogP contribution in [0.1, 0.15) is 37.7 Å². The minimum Gasteiger partial charge on any atom is -0.356 e. The van der Waals surface area contributed by atoms with Gasteiger partial charge < -0.3 is 16.0 Å². The van der Waals surface area contributed by atoms with Crippen molar-refractivity contribution in [3.8, 4) is 0 Å². The molecule has 2 rings (SSSR count). The topological polar surface area (TPSA) is 65.5 Å². The number of carbonyl (C=O) groups excluding carboxylic acids is 1. The van der Waals surface area contributed by atoms with Gasteiger partial charge in [-0.15, -0.1) is 0 Å². The first-order chi connectivity index (χ1) is 12.3. The summed E-state index contributed by atoms with van der Waals surface area (Å²) < 4.78 is 0. The van der Waals surface area contributed by atoms with E-state index in [1.54, 1.807) is 7.05 Å². The Bertz CT molecular complexity index is 581. The van der Waals surface area contributed by atoms with Crippen LogP contribution in [0.5, 0.6) is 0 Å². The second-order valence-electron chi connectivity index (χ2n) is 6.30. The summed E-state index contributed by atoms with van der Waals surface area (Å²) >= 11 is 0. The number of amides is 1. The van der Waals surface area contributed by atoms with Crippen molar-refractivity contribution >= 4 is 11.9 Å². The van der Waals surface area contributed by atoms with Gasteiger partial charge in [-0.05, 0) is 44.1 Å². The fraction of sp³-hybridized carbons (Fsp3) is 0.500. The molecule has 0 fully saturated rings. The maximum Gasteiger partial charge on any atom is 0.239 e. The molecule has 0 heterocycles. The molecule has 0 saturated carbocycles.